The molecule has 9 heteroatoms. The van der Waals surface area contributed by atoms with E-state index in [1.165, 1.54) is 18.1 Å². The predicted octanol–water partition coefficient (Wildman–Crippen LogP) is 6.15. The standard InChI is InChI=1S/C27H23BrClNO6/c1-4-36-22-13-15(5-9-20(22)31)24-23(25(32)16-6-10-21(35-3)18(28)12-16)26(33)27(34)30(24)19-8-7-17(29)11-14(19)2/h5-13,24,31-32H,4H2,1-3H3/b25-23+. The third kappa shape index (κ3) is 4.54. The summed E-state index contributed by atoms with van der Waals surface area (Å²) in [6, 6.07) is 13.4. The lowest BCUT2D eigenvalue weighted by Crippen LogP contribution is -2.30. The fourth-order valence-corrected chi connectivity index (χ4v) is 4.99. The third-order valence-corrected chi connectivity index (χ3v) is 6.74. The number of rotatable bonds is 6. The van der Waals surface area contributed by atoms with Crippen LogP contribution >= 0.6 is 27.5 Å². The molecular weight excluding hydrogens is 550 g/mol. The number of phenols is 1. The van der Waals surface area contributed by atoms with Gasteiger partial charge >= 0.3 is 0 Å². The van der Waals surface area contributed by atoms with Gasteiger partial charge in [-0.3, -0.25) is 14.5 Å². The second-order valence-electron chi connectivity index (χ2n) is 8.11. The van der Waals surface area contributed by atoms with E-state index in [0.717, 1.165) is 0 Å². The normalized spacial score (nSPS) is 16.9. The van der Waals surface area contributed by atoms with Gasteiger partial charge in [0, 0.05) is 16.3 Å². The molecule has 0 spiro atoms. The molecule has 2 N–H and O–H groups in total. The smallest absolute Gasteiger partial charge is 0.300 e. The molecule has 3 aromatic carbocycles. The predicted molar refractivity (Wildman–Crippen MR) is 141 cm³/mol. The number of carbonyl (C=O) groups is 2. The first-order chi connectivity index (χ1) is 17.2. The van der Waals surface area contributed by atoms with Gasteiger partial charge in [-0.15, -0.1) is 0 Å². The van der Waals surface area contributed by atoms with Gasteiger partial charge in [-0.2, -0.15) is 0 Å². The zero-order valence-corrected chi connectivity index (χ0v) is 22.1. The minimum Gasteiger partial charge on any atom is -0.507 e. The van der Waals surface area contributed by atoms with Gasteiger partial charge in [0.25, 0.3) is 11.7 Å². The molecular formula is C27H23BrClNO6. The van der Waals surface area contributed by atoms with E-state index in [4.69, 9.17) is 21.1 Å². The number of ether oxygens (including phenoxy) is 2. The quantitative estimate of drug-likeness (QED) is 0.209. The molecule has 1 heterocycles. The molecule has 1 amide bonds. The Bertz CT molecular complexity index is 1400. The SMILES string of the molecule is CCOc1cc(C2/C(=C(\O)c3ccc(OC)c(Br)c3)C(=O)C(=O)N2c2ccc(Cl)cc2C)ccc1O. The first-order valence-electron chi connectivity index (χ1n) is 11.0. The number of aromatic hydroxyl groups is 1. The highest BCUT2D eigenvalue weighted by atomic mass is 79.9. The highest BCUT2D eigenvalue weighted by molar-refractivity contribution is 9.10. The topological polar surface area (TPSA) is 96.3 Å². The van der Waals surface area contributed by atoms with Crippen molar-refractivity contribution < 1.29 is 29.3 Å². The number of aliphatic hydroxyl groups excluding tert-OH is 1. The molecule has 4 rings (SSSR count). The largest absolute Gasteiger partial charge is 0.507 e. The lowest BCUT2D eigenvalue weighted by atomic mass is 9.94. The molecule has 0 bridgehead atoms. The number of carbonyl (C=O) groups excluding carboxylic acids is 2. The van der Waals surface area contributed by atoms with E-state index in [-0.39, 0.29) is 22.8 Å². The van der Waals surface area contributed by atoms with Crippen molar-refractivity contribution >= 4 is 50.7 Å². The molecule has 0 saturated carbocycles. The summed E-state index contributed by atoms with van der Waals surface area (Å²) in [6.07, 6.45) is 0. The minimum absolute atomic E-state index is 0.0840. The fraction of sp³-hybridized carbons (Fsp3) is 0.185. The third-order valence-electron chi connectivity index (χ3n) is 5.89. The van der Waals surface area contributed by atoms with Gasteiger partial charge in [-0.1, -0.05) is 17.7 Å². The number of hydrogen-bond acceptors (Lipinski definition) is 6. The number of benzene rings is 3. The molecule has 1 unspecified atom stereocenters. The molecule has 0 aliphatic carbocycles. The van der Waals surface area contributed by atoms with Crippen molar-refractivity contribution in [3.8, 4) is 17.2 Å². The summed E-state index contributed by atoms with van der Waals surface area (Å²) >= 11 is 9.53. The number of phenolic OH excluding ortho intramolecular Hbond substituents is 1. The second kappa shape index (κ2) is 10.2. The summed E-state index contributed by atoms with van der Waals surface area (Å²) < 4.78 is 11.4. The van der Waals surface area contributed by atoms with Crippen molar-refractivity contribution in [1.82, 2.24) is 0 Å². The maximum absolute atomic E-state index is 13.4. The molecule has 36 heavy (non-hydrogen) atoms. The number of nitrogens with zero attached hydrogens (tertiary/aromatic N) is 1. The molecule has 186 valence electrons. The number of methoxy groups -OCH3 is 1. The van der Waals surface area contributed by atoms with Crippen LogP contribution < -0.4 is 14.4 Å². The Hall–Kier alpha value is -3.49. The molecule has 0 aromatic heterocycles. The van der Waals surface area contributed by atoms with Crippen LogP contribution in [0, 0.1) is 6.92 Å². The maximum atomic E-state index is 13.4. The van der Waals surface area contributed by atoms with Crippen LogP contribution in [0.2, 0.25) is 5.02 Å². The van der Waals surface area contributed by atoms with Gasteiger partial charge in [-0.25, -0.2) is 0 Å². The maximum Gasteiger partial charge on any atom is 0.300 e. The Balaban J connectivity index is 1.98. The van der Waals surface area contributed by atoms with Crippen LogP contribution in [0.4, 0.5) is 5.69 Å². The summed E-state index contributed by atoms with van der Waals surface area (Å²) in [6.45, 7) is 3.85. The summed E-state index contributed by atoms with van der Waals surface area (Å²) in [5.74, 6) is -1.34. The summed E-state index contributed by atoms with van der Waals surface area (Å²) in [7, 11) is 1.51. The number of ketones is 1. The Morgan fingerprint density at radius 3 is 2.47 bits per heavy atom. The van der Waals surface area contributed by atoms with E-state index in [2.05, 4.69) is 15.9 Å². The van der Waals surface area contributed by atoms with Crippen LogP contribution in [-0.2, 0) is 9.59 Å². The zero-order chi connectivity index (χ0) is 26.1. The molecule has 1 aliphatic rings. The zero-order valence-electron chi connectivity index (χ0n) is 19.7. The summed E-state index contributed by atoms with van der Waals surface area (Å²) in [5.41, 5.74) is 1.83. The number of hydrogen-bond donors (Lipinski definition) is 2. The first kappa shape index (κ1) is 25.6. The lowest BCUT2D eigenvalue weighted by molar-refractivity contribution is -0.132. The molecule has 1 fully saturated rings. The van der Waals surface area contributed by atoms with E-state index in [0.29, 0.717) is 44.2 Å². The van der Waals surface area contributed by atoms with E-state index in [1.807, 2.05) is 0 Å². The van der Waals surface area contributed by atoms with Crippen LogP contribution in [0.25, 0.3) is 5.76 Å². The van der Waals surface area contributed by atoms with Gasteiger partial charge < -0.3 is 19.7 Å². The van der Waals surface area contributed by atoms with Gasteiger partial charge in [0.1, 0.15) is 11.5 Å². The molecule has 7 nitrogen and oxygen atoms in total. The van der Waals surface area contributed by atoms with Crippen molar-refractivity contribution in [2.24, 2.45) is 0 Å². The summed E-state index contributed by atoms with van der Waals surface area (Å²) in [4.78, 5) is 28.1. The molecule has 1 saturated heterocycles. The average Bonchev–Trinajstić information content (AvgIpc) is 3.10. The van der Waals surface area contributed by atoms with Gasteiger partial charge in [0.2, 0.25) is 0 Å². The second-order valence-corrected chi connectivity index (χ2v) is 9.40. The van der Waals surface area contributed by atoms with Crippen LogP contribution in [0.5, 0.6) is 17.2 Å². The monoisotopic (exact) mass is 571 g/mol. The van der Waals surface area contributed by atoms with Crippen LogP contribution in [0.3, 0.4) is 0 Å². The number of amides is 1. The Labute approximate surface area is 221 Å². The Morgan fingerprint density at radius 2 is 1.83 bits per heavy atom. The number of halogens is 2. The Morgan fingerprint density at radius 1 is 1.08 bits per heavy atom. The van der Waals surface area contributed by atoms with Crippen molar-refractivity contribution in [2.45, 2.75) is 19.9 Å². The van der Waals surface area contributed by atoms with Crippen molar-refractivity contribution in [2.75, 3.05) is 18.6 Å². The first-order valence-corrected chi connectivity index (χ1v) is 12.2. The van der Waals surface area contributed by atoms with Crippen molar-refractivity contribution in [1.29, 1.82) is 0 Å². The highest BCUT2D eigenvalue weighted by Crippen LogP contribution is 2.45. The lowest BCUT2D eigenvalue weighted by Gasteiger charge is -2.27. The molecule has 1 aliphatic heterocycles. The number of anilines is 1. The van der Waals surface area contributed by atoms with Crippen LogP contribution in [0.15, 0.2) is 64.6 Å². The van der Waals surface area contributed by atoms with Crippen molar-refractivity contribution in [3.05, 3.63) is 86.4 Å². The summed E-state index contributed by atoms with van der Waals surface area (Å²) in [5, 5.41) is 22.1. The van der Waals surface area contributed by atoms with Crippen LogP contribution in [-0.4, -0.2) is 35.6 Å². The minimum atomic E-state index is -0.995. The van der Waals surface area contributed by atoms with Gasteiger partial charge in [0.15, 0.2) is 11.5 Å². The van der Waals surface area contributed by atoms with E-state index in [1.54, 1.807) is 62.4 Å². The van der Waals surface area contributed by atoms with Gasteiger partial charge in [0.05, 0.1) is 29.8 Å². The highest BCUT2D eigenvalue weighted by Gasteiger charge is 2.47. The fourth-order valence-electron chi connectivity index (χ4n) is 4.23. The van der Waals surface area contributed by atoms with Crippen molar-refractivity contribution in [3.63, 3.8) is 0 Å². The van der Waals surface area contributed by atoms with E-state index in [9.17, 15) is 19.8 Å². The number of aryl methyl sites for hydroxylation is 1. The number of Topliss-reactive ketones (excluding diaryl/α,β-unsaturated/α-hetero) is 1. The average molecular weight is 573 g/mol. The van der Waals surface area contributed by atoms with E-state index >= 15 is 0 Å². The number of aliphatic hydroxyl groups is 1. The molecule has 1 atom stereocenters. The van der Waals surface area contributed by atoms with E-state index < -0.39 is 17.7 Å². The Kier molecular flexibility index (Phi) is 7.28. The molecule has 3 aromatic rings. The van der Waals surface area contributed by atoms with Crippen LogP contribution in [0.1, 0.15) is 29.7 Å². The van der Waals surface area contributed by atoms with Gasteiger partial charge in [-0.05, 0) is 89.4 Å². The molecule has 0 radical (unpaired) electrons.